The number of hydrogen-bond donors (Lipinski definition) is 1. The molecule has 106 valence electrons. The van der Waals surface area contributed by atoms with Gasteiger partial charge in [-0.15, -0.1) is 0 Å². The summed E-state index contributed by atoms with van der Waals surface area (Å²) in [5, 5.41) is 3.45. The third-order valence-corrected chi connectivity index (χ3v) is 3.26. The summed E-state index contributed by atoms with van der Waals surface area (Å²) in [6.07, 6.45) is 10.8. The Kier molecular flexibility index (Phi) is 3.91. The van der Waals surface area contributed by atoms with E-state index in [1.807, 2.05) is 17.1 Å². The molecule has 3 rings (SSSR count). The molecule has 2 aromatic heterocycles. The molecule has 1 aromatic carbocycles. The number of nitrogens with one attached hydrogen (secondary N) is 1. The van der Waals surface area contributed by atoms with Gasteiger partial charge in [0.2, 0.25) is 0 Å². The summed E-state index contributed by atoms with van der Waals surface area (Å²) in [7, 11) is 0. The Morgan fingerprint density at radius 1 is 1.19 bits per heavy atom. The van der Waals surface area contributed by atoms with Crippen molar-refractivity contribution >= 4 is 5.69 Å². The highest BCUT2D eigenvalue weighted by molar-refractivity contribution is 5.47. The van der Waals surface area contributed by atoms with Crippen molar-refractivity contribution in [2.24, 2.45) is 0 Å². The molecule has 5 nitrogen and oxygen atoms in total. The molecule has 1 unspecified atom stereocenters. The molecule has 0 saturated carbocycles. The minimum Gasteiger partial charge on any atom is -0.377 e. The van der Waals surface area contributed by atoms with Crippen molar-refractivity contribution in [3.8, 4) is 0 Å². The Balaban J connectivity index is 1.71. The first kappa shape index (κ1) is 13.3. The fourth-order valence-electron chi connectivity index (χ4n) is 2.21. The van der Waals surface area contributed by atoms with Crippen LogP contribution in [-0.4, -0.2) is 19.5 Å². The van der Waals surface area contributed by atoms with E-state index in [4.69, 9.17) is 0 Å². The number of aromatic nitrogens is 4. The van der Waals surface area contributed by atoms with Gasteiger partial charge in [-0.3, -0.25) is 9.97 Å². The van der Waals surface area contributed by atoms with Gasteiger partial charge < -0.3 is 9.88 Å². The smallest absolute Gasteiger partial charge is 0.0949 e. The zero-order chi connectivity index (χ0) is 14.5. The molecular formula is C16H17N5. The maximum Gasteiger partial charge on any atom is 0.0949 e. The van der Waals surface area contributed by atoms with Gasteiger partial charge in [-0.2, -0.15) is 0 Å². The van der Waals surface area contributed by atoms with Crippen molar-refractivity contribution in [3.05, 3.63) is 72.8 Å². The van der Waals surface area contributed by atoms with Crippen molar-refractivity contribution in [1.29, 1.82) is 0 Å². The SMILES string of the molecule is CC(Nc1cccc(Cn2ccnc2)c1)c1cnccn1. The quantitative estimate of drug-likeness (QED) is 0.780. The molecule has 0 amide bonds. The maximum absolute atomic E-state index is 4.32. The maximum atomic E-state index is 4.32. The number of benzene rings is 1. The van der Waals surface area contributed by atoms with E-state index in [9.17, 15) is 0 Å². The van der Waals surface area contributed by atoms with Gasteiger partial charge in [-0.05, 0) is 24.6 Å². The second-order valence-electron chi connectivity index (χ2n) is 4.93. The van der Waals surface area contributed by atoms with Gasteiger partial charge in [0, 0.05) is 37.0 Å². The first-order chi connectivity index (χ1) is 10.3. The molecule has 0 bridgehead atoms. The Morgan fingerprint density at radius 3 is 2.90 bits per heavy atom. The average Bonchev–Trinajstić information content (AvgIpc) is 3.01. The van der Waals surface area contributed by atoms with Crippen molar-refractivity contribution in [3.63, 3.8) is 0 Å². The Labute approximate surface area is 123 Å². The molecule has 21 heavy (non-hydrogen) atoms. The minimum atomic E-state index is 0.113. The zero-order valence-corrected chi connectivity index (χ0v) is 11.8. The van der Waals surface area contributed by atoms with Crippen LogP contribution in [0.5, 0.6) is 0 Å². The van der Waals surface area contributed by atoms with Gasteiger partial charge in [0.25, 0.3) is 0 Å². The number of rotatable bonds is 5. The lowest BCUT2D eigenvalue weighted by Crippen LogP contribution is -2.09. The Morgan fingerprint density at radius 2 is 2.14 bits per heavy atom. The van der Waals surface area contributed by atoms with Crippen LogP contribution in [0.2, 0.25) is 0 Å². The highest BCUT2D eigenvalue weighted by atomic mass is 15.0. The van der Waals surface area contributed by atoms with Gasteiger partial charge in [-0.25, -0.2) is 4.98 Å². The van der Waals surface area contributed by atoms with Crippen molar-refractivity contribution in [1.82, 2.24) is 19.5 Å². The molecule has 3 aromatic rings. The summed E-state index contributed by atoms with van der Waals surface area (Å²) >= 11 is 0. The average molecular weight is 279 g/mol. The van der Waals surface area contributed by atoms with Crippen LogP contribution in [0.4, 0.5) is 5.69 Å². The summed E-state index contributed by atoms with van der Waals surface area (Å²) < 4.78 is 2.05. The molecule has 0 spiro atoms. The summed E-state index contributed by atoms with van der Waals surface area (Å²) in [5.41, 5.74) is 3.23. The van der Waals surface area contributed by atoms with E-state index in [0.29, 0.717) is 0 Å². The van der Waals surface area contributed by atoms with E-state index in [2.05, 4.69) is 51.5 Å². The monoisotopic (exact) mass is 279 g/mol. The van der Waals surface area contributed by atoms with Crippen LogP contribution in [0.15, 0.2) is 61.6 Å². The molecule has 0 saturated heterocycles. The zero-order valence-electron chi connectivity index (χ0n) is 11.8. The molecule has 0 radical (unpaired) electrons. The van der Waals surface area contributed by atoms with Crippen LogP contribution >= 0.6 is 0 Å². The van der Waals surface area contributed by atoms with E-state index in [1.165, 1.54) is 5.56 Å². The standard InChI is InChI=1S/C16H17N5/c1-13(16-10-17-5-6-19-16)20-15-4-2-3-14(9-15)11-21-8-7-18-12-21/h2-10,12-13,20H,11H2,1H3. The fraction of sp³-hybridized carbons (Fsp3) is 0.188. The van der Waals surface area contributed by atoms with Gasteiger partial charge in [0.15, 0.2) is 0 Å². The van der Waals surface area contributed by atoms with E-state index < -0.39 is 0 Å². The molecule has 0 aliphatic carbocycles. The third-order valence-electron chi connectivity index (χ3n) is 3.26. The van der Waals surface area contributed by atoms with Crippen LogP contribution in [0.1, 0.15) is 24.2 Å². The lowest BCUT2D eigenvalue weighted by Gasteiger charge is -2.15. The highest BCUT2D eigenvalue weighted by Crippen LogP contribution is 2.18. The number of imidazole rings is 1. The minimum absolute atomic E-state index is 0.113. The number of anilines is 1. The molecule has 0 fully saturated rings. The summed E-state index contributed by atoms with van der Waals surface area (Å²) in [6.45, 7) is 2.89. The van der Waals surface area contributed by atoms with Gasteiger partial charge in [0.05, 0.1) is 24.3 Å². The van der Waals surface area contributed by atoms with Crippen LogP contribution in [-0.2, 0) is 6.54 Å². The largest absolute Gasteiger partial charge is 0.377 e. The van der Waals surface area contributed by atoms with Crippen LogP contribution in [0, 0.1) is 0 Å². The first-order valence-electron chi connectivity index (χ1n) is 6.88. The first-order valence-corrected chi connectivity index (χ1v) is 6.88. The molecule has 1 atom stereocenters. The highest BCUT2D eigenvalue weighted by Gasteiger charge is 2.06. The predicted molar refractivity (Wildman–Crippen MR) is 81.8 cm³/mol. The predicted octanol–water partition coefficient (Wildman–Crippen LogP) is 2.89. The summed E-state index contributed by atoms with van der Waals surface area (Å²) in [4.78, 5) is 12.5. The van der Waals surface area contributed by atoms with Crippen molar-refractivity contribution < 1.29 is 0 Å². The topological polar surface area (TPSA) is 55.6 Å². The summed E-state index contributed by atoms with van der Waals surface area (Å²) in [6, 6.07) is 8.48. The van der Waals surface area contributed by atoms with Gasteiger partial charge >= 0.3 is 0 Å². The second-order valence-corrected chi connectivity index (χ2v) is 4.93. The second kappa shape index (κ2) is 6.17. The van der Waals surface area contributed by atoms with Crippen LogP contribution in [0.25, 0.3) is 0 Å². The summed E-state index contributed by atoms with van der Waals surface area (Å²) in [5.74, 6) is 0. The molecular weight excluding hydrogens is 262 g/mol. The van der Waals surface area contributed by atoms with Crippen LogP contribution in [0.3, 0.4) is 0 Å². The lowest BCUT2D eigenvalue weighted by molar-refractivity contribution is 0.795. The van der Waals surface area contributed by atoms with E-state index >= 15 is 0 Å². The number of hydrogen-bond acceptors (Lipinski definition) is 4. The fourth-order valence-corrected chi connectivity index (χ4v) is 2.21. The third kappa shape index (κ3) is 3.45. The van der Waals surface area contributed by atoms with Crippen molar-refractivity contribution in [2.45, 2.75) is 19.5 Å². The normalized spacial score (nSPS) is 12.0. The number of nitrogens with zero attached hydrogens (tertiary/aromatic N) is 4. The van der Waals surface area contributed by atoms with Gasteiger partial charge in [-0.1, -0.05) is 12.1 Å². The van der Waals surface area contributed by atoms with E-state index in [-0.39, 0.29) is 6.04 Å². The Bertz CT molecular complexity index is 679. The molecule has 0 aliphatic rings. The molecule has 5 heteroatoms. The van der Waals surface area contributed by atoms with Crippen molar-refractivity contribution in [2.75, 3.05) is 5.32 Å². The molecule has 1 N–H and O–H groups in total. The lowest BCUT2D eigenvalue weighted by atomic mass is 10.1. The molecule has 2 heterocycles. The Hall–Kier alpha value is -2.69. The van der Waals surface area contributed by atoms with E-state index in [1.54, 1.807) is 24.8 Å². The van der Waals surface area contributed by atoms with E-state index in [0.717, 1.165) is 17.9 Å². The van der Waals surface area contributed by atoms with Crippen LogP contribution < -0.4 is 5.32 Å². The molecule has 0 aliphatic heterocycles. The van der Waals surface area contributed by atoms with Gasteiger partial charge in [0.1, 0.15) is 0 Å².